The zero-order valence-corrected chi connectivity index (χ0v) is 17.9. The summed E-state index contributed by atoms with van der Waals surface area (Å²) in [6.07, 6.45) is 0. The molecule has 148 valence electrons. The highest BCUT2D eigenvalue weighted by molar-refractivity contribution is 9.10. The van der Waals surface area contributed by atoms with E-state index in [0.29, 0.717) is 17.9 Å². The molecule has 0 aliphatic carbocycles. The molecular weight excluding hydrogens is 442 g/mol. The number of benzene rings is 2. The number of thiocarbonyl (C=S) groups is 1. The average Bonchev–Trinajstić information content (AvgIpc) is 2.71. The lowest BCUT2D eigenvalue weighted by atomic mass is 10.2. The minimum Gasteiger partial charge on any atom is -0.493 e. The molecule has 3 rings (SSSR count). The van der Waals surface area contributed by atoms with Crippen molar-refractivity contribution in [2.24, 2.45) is 0 Å². The van der Waals surface area contributed by atoms with Gasteiger partial charge in [0.1, 0.15) is 5.75 Å². The number of hydrogen-bond acceptors (Lipinski definition) is 5. The number of nitrogens with one attached hydrogen (secondary N) is 2. The van der Waals surface area contributed by atoms with Crippen LogP contribution < -0.4 is 20.3 Å². The van der Waals surface area contributed by atoms with Crippen LogP contribution in [0.1, 0.15) is 17.3 Å². The molecule has 1 aliphatic rings. The van der Waals surface area contributed by atoms with Gasteiger partial charge in [0.2, 0.25) is 0 Å². The van der Waals surface area contributed by atoms with Crippen LogP contribution in [0.3, 0.4) is 0 Å². The minimum atomic E-state index is -0.286. The zero-order chi connectivity index (χ0) is 19.9. The molecule has 1 saturated heterocycles. The number of anilines is 2. The van der Waals surface area contributed by atoms with Gasteiger partial charge in [-0.3, -0.25) is 10.1 Å². The SMILES string of the molecule is CCOc1ccc(C(=O)NC(=S)Nc2ccc(N3CCOCC3)cc2)cc1Br. The van der Waals surface area contributed by atoms with Crippen molar-refractivity contribution in [1.29, 1.82) is 0 Å². The third kappa shape index (κ3) is 5.43. The van der Waals surface area contributed by atoms with Gasteiger partial charge >= 0.3 is 0 Å². The van der Waals surface area contributed by atoms with E-state index < -0.39 is 0 Å². The predicted octanol–water partition coefficient (Wildman–Crippen LogP) is 3.81. The number of hydrogen-bond donors (Lipinski definition) is 2. The number of halogens is 1. The number of morpholine rings is 1. The molecule has 1 aliphatic heterocycles. The number of ether oxygens (including phenoxy) is 2. The van der Waals surface area contributed by atoms with Crippen LogP contribution >= 0.6 is 28.1 Å². The van der Waals surface area contributed by atoms with Crippen LogP contribution in [0.4, 0.5) is 11.4 Å². The minimum absolute atomic E-state index is 0.245. The second-order valence-electron chi connectivity index (χ2n) is 6.13. The van der Waals surface area contributed by atoms with E-state index in [1.807, 2.05) is 31.2 Å². The van der Waals surface area contributed by atoms with Crippen molar-refractivity contribution in [1.82, 2.24) is 5.32 Å². The van der Waals surface area contributed by atoms with Crippen LogP contribution in [0.5, 0.6) is 5.75 Å². The van der Waals surface area contributed by atoms with E-state index in [9.17, 15) is 4.79 Å². The summed E-state index contributed by atoms with van der Waals surface area (Å²) in [5, 5.41) is 5.98. The smallest absolute Gasteiger partial charge is 0.257 e. The lowest BCUT2D eigenvalue weighted by Gasteiger charge is -2.28. The maximum Gasteiger partial charge on any atom is 0.257 e. The van der Waals surface area contributed by atoms with Gasteiger partial charge in [-0.15, -0.1) is 0 Å². The van der Waals surface area contributed by atoms with Crippen LogP contribution in [0, 0.1) is 0 Å². The van der Waals surface area contributed by atoms with Gasteiger partial charge in [-0.25, -0.2) is 0 Å². The first-order chi connectivity index (χ1) is 13.6. The van der Waals surface area contributed by atoms with Crippen LogP contribution in [0.25, 0.3) is 0 Å². The van der Waals surface area contributed by atoms with Crippen molar-refractivity contribution in [2.75, 3.05) is 43.1 Å². The maximum atomic E-state index is 12.4. The van der Waals surface area contributed by atoms with Crippen LogP contribution in [-0.2, 0) is 4.74 Å². The van der Waals surface area contributed by atoms with Crippen molar-refractivity contribution in [3.63, 3.8) is 0 Å². The molecule has 0 spiro atoms. The van der Waals surface area contributed by atoms with Crippen molar-refractivity contribution in [2.45, 2.75) is 6.92 Å². The van der Waals surface area contributed by atoms with E-state index in [2.05, 4.69) is 31.5 Å². The molecule has 2 aromatic rings. The average molecular weight is 464 g/mol. The summed E-state index contributed by atoms with van der Waals surface area (Å²) in [5.74, 6) is 0.409. The molecule has 0 aromatic heterocycles. The van der Waals surface area contributed by atoms with Crippen molar-refractivity contribution in [3.8, 4) is 5.75 Å². The normalized spacial score (nSPS) is 13.7. The molecule has 1 heterocycles. The summed E-state index contributed by atoms with van der Waals surface area (Å²) >= 11 is 8.67. The first-order valence-corrected chi connectivity index (χ1v) is 10.2. The van der Waals surface area contributed by atoms with Crippen molar-refractivity contribution >= 4 is 50.5 Å². The fourth-order valence-electron chi connectivity index (χ4n) is 2.83. The maximum absolute atomic E-state index is 12.4. The van der Waals surface area contributed by atoms with Gasteiger partial charge in [0.25, 0.3) is 5.91 Å². The Morgan fingerprint density at radius 2 is 1.93 bits per heavy atom. The second-order valence-corrected chi connectivity index (χ2v) is 7.40. The molecule has 2 N–H and O–H groups in total. The summed E-state index contributed by atoms with van der Waals surface area (Å²) in [5.41, 5.74) is 2.44. The van der Waals surface area contributed by atoms with Gasteiger partial charge in [0, 0.05) is 30.0 Å². The molecule has 0 radical (unpaired) electrons. The highest BCUT2D eigenvalue weighted by Gasteiger charge is 2.12. The number of nitrogens with zero attached hydrogens (tertiary/aromatic N) is 1. The zero-order valence-electron chi connectivity index (χ0n) is 15.5. The third-order valence-corrected chi connectivity index (χ3v) is 5.05. The van der Waals surface area contributed by atoms with Gasteiger partial charge in [0.15, 0.2) is 5.11 Å². The second kappa shape index (κ2) is 9.86. The van der Waals surface area contributed by atoms with E-state index in [1.54, 1.807) is 18.2 Å². The van der Waals surface area contributed by atoms with E-state index in [1.165, 1.54) is 0 Å². The molecule has 2 aromatic carbocycles. The number of amides is 1. The van der Waals surface area contributed by atoms with Crippen LogP contribution in [0.15, 0.2) is 46.9 Å². The van der Waals surface area contributed by atoms with Gasteiger partial charge < -0.3 is 19.7 Å². The van der Waals surface area contributed by atoms with Gasteiger partial charge in [-0.2, -0.15) is 0 Å². The van der Waals surface area contributed by atoms with E-state index in [0.717, 1.165) is 42.2 Å². The van der Waals surface area contributed by atoms with Gasteiger partial charge in [-0.05, 0) is 77.5 Å². The molecule has 0 unspecified atom stereocenters. The van der Waals surface area contributed by atoms with Crippen molar-refractivity contribution < 1.29 is 14.3 Å². The number of carbonyl (C=O) groups is 1. The Hall–Kier alpha value is -2.16. The Labute approximate surface area is 178 Å². The molecule has 1 amide bonds. The first kappa shape index (κ1) is 20.6. The lowest BCUT2D eigenvalue weighted by molar-refractivity contribution is 0.0977. The molecule has 8 heteroatoms. The Balaban J connectivity index is 1.56. The molecule has 28 heavy (non-hydrogen) atoms. The molecule has 0 bridgehead atoms. The largest absolute Gasteiger partial charge is 0.493 e. The summed E-state index contributed by atoms with van der Waals surface area (Å²) in [6, 6.07) is 13.1. The lowest BCUT2D eigenvalue weighted by Crippen LogP contribution is -2.36. The molecule has 1 fully saturated rings. The van der Waals surface area contributed by atoms with Crippen LogP contribution in [0.2, 0.25) is 0 Å². The van der Waals surface area contributed by atoms with Crippen molar-refractivity contribution in [3.05, 3.63) is 52.5 Å². The molecule has 0 saturated carbocycles. The fraction of sp³-hybridized carbons (Fsp3) is 0.300. The molecule has 6 nitrogen and oxygen atoms in total. The Bertz CT molecular complexity index is 839. The van der Waals surface area contributed by atoms with E-state index in [4.69, 9.17) is 21.7 Å². The fourth-order valence-corrected chi connectivity index (χ4v) is 3.53. The molecular formula is C20H22BrN3O3S. The summed E-state index contributed by atoms with van der Waals surface area (Å²) in [7, 11) is 0. The highest BCUT2D eigenvalue weighted by Crippen LogP contribution is 2.26. The highest BCUT2D eigenvalue weighted by atomic mass is 79.9. The standard InChI is InChI=1S/C20H22BrN3O3S/c1-2-27-18-8-3-14(13-17(18)21)19(25)23-20(28)22-15-4-6-16(7-5-15)24-9-11-26-12-10-24/h3-8,13H,2,9-12H2,1H3,(H2,22,23,25,28). The Morgan fingerprint density at radius 3 is 2.57 bits per heavy atom. The summed E-state index contributed by atoms with van der Waals surface area (Å²) in [6.45, 7) is 5.74. The number of rotatable bonds is 5. The predicted molar refractivity (Wildman–Crippen MR) is 118 cm³/mol. The Kier molecular flexibility index (Phi) is 7.24. The van der Waals surface area contributed by atoms with E-state index >= 15 is 0 Å². The topological polar surface area (TPSA) is 62.8 Å². The monoisotopic (exact) mass is 463 g/mol. The van der Waals surface area contributed by atoms with Gasteiger partial charge in [0.05, 0.1) is 24.3 Å². The quantitative estimate of drug-likeness (QED) is 0.657. The van der Waals surface area contributed by atoms with Gasteiger partial charge in [-0.1, -0.05) is 0 Å². The third-order valence-electron chi connectivity index (χ3n) is 4.22. The van der Waals surface area contributed by atoms with E-state index in [-0.39, 0.29) is 11.0 Å². The Morgan fingerprint density at radius 1 is 1.21 bits per heavy atom. The molecule has 0 atom stereocenters. The summed E-state index contributed by atoms with van der Waals surface area (Å²) < 4.78 is 11.6. The first-order valence-electron chi connectivity index (χ1n) is 9.04. The summed E-state index contributed by atoms with van der Waals surface area (Å²) in [4.78, 5) is 14.7. The number of carbonyl (C=O) groups excluding carboxylic acids is 1. The van der Waals surface area contributed by atoms with Crippen LogP contribution in [-0.4, -0.2) is 43.9 Å².